The number of thiazole rings is 1. The molecule has 0 aromatic carbocycles. The van der Waals surface area contributed by atoms with Gasteiger partial charge in [0.1, 0.15) is 5.82 Å². The summed E-state index contributed by atoms with van der Waals surface area (Å²) in [5.41, 5.74) is 0.979. The van der Waals surface area contributed by atoms with Crippen LogP contribution in [-0.4, -0.2) is 36.9 Å². The monoisotopic (exact) mass is 359 g/mol. The van der Waals surface area contributed by atoms with Crippen molar-refractivity contribution < 1.29 is 4.52 Å². The number of hydrogen-bond acceptors (Lipinski definition) is 8. The maximum atomic E-state index is 5.31. The Labute approximate surface area is 149 Å². The van der Waals surface area contributed by atoms with Crippen molar-refractivity contribution in [2.75, 3.05) is 12.4 Å². The topological polar surface area (TPSA) is 84.9 Å². The molecule has 25 heavy (non-hydrogen) atoms. The highest BCUT2D eigenvalue weighted by molar-refractivity contribution is 7.15. The van der Waals surface area contributed by atoms with Crippen LogP contribution in [0.3, 0.4) is 0 Å². The van der Waals surface area contributed by atoms with Gasteiger partial charge in [-0.2, -0.15) is 10.1 Å². The van der Waals surface area contributed by atoms with E-state index in [1.807, 2.05) is 38.0 Å². The maximum Gasteiger partial charge on any atom is 0.229 e. The zero-order valence-corrected chi connectivity index (χ0v) is 15.4. The molecule has 0 unspecified atom stereocenters. The van der Waals surface area contributed by atoms with E-state index in [2.05, 4.69) is 30.4 Å². The summed E-state index contributed by atoms with van der Waals surface area (Å²) in [7, 11) is 3.96. The number of nitrogens with zero attached hydrogens (tertiary/aromatic N) is 6. The Kier molecular flexibility index (Phi) is 4.26. The van der Waals surface area contributed by atoms with Gasteiger partial charge in [-0.1, -0.05) is 5.16 Å². The van der Waals surface area contributed by atoms with Crippen molar-refractivity contribution >= 4 is 22.3 Å². The van der Waals surface area contributed by atoms with Crippen LogP contribution in [0.15, 0.2) is 16.8 Å². The SMILES string of the molecule is Cc1cc(Nc2ncc(CN(C)Cc3noc(C4CC4)n3)s2)n(C)n1. The smallest absolute Gasteiger partial charge is 0.229 e. The minimum Gasteiger partial charge on any atom is -0.339 e. The second-order valence-electron chi connectivity index (χ2n) is 6.55. The molecule has 0 atom stereocenters. The molecule has 132 valence electrons. The first-order chi connectivity index (χ1) is 12.1. The zero-order chi connectivity index (χ0) is 17.4. The third kappa shape index (κ3) is 3.88. The molecule has 3 aromatic heterocycles. The maximum absolute atomic E-state index is 5.31. The summed E-state index contributed by atoms with van der Waals surface area (Å²) in [6.07, 6.45) is 4.24. The van der Waals surface area contributed by atoms with Gasteiger partial charge in [0.25, 0.3) is 0 Å². The molecule has 1 saturated carbocycles. The van der Waals surface area contributed by atoms with Crippen LogP contribution in [0.5, 0.6) is 0 Å². The van der Waals surface area contributed by atoms with Crippen molar-refractivity contribution in [3.8, 4) is 0 Å². The van der Waals surface area contributed by atoms with Gasteiger partial charge in [-0.25, -0.2) is 4.98 Å². The number of rotatable bonds is 7. The third-order valence-corrected chi connectivity index (χ3v) is 4.94. The molecule has 4 rings (SSSR count). The van der Waals surface area contributed by atoms with Crippen LogP contribution in [0.4, 0.5) is 10.9 Å². The lowest BCUT2D eigenvalue weighted by atomic mass is 10.4. The van der Waals surface area contributed by atoms with Crippen LogP contribution in [-0.2, 0) is 20.1 Å². The van der Waals surface area contributed by atoms with Gasteiger partial charge in [-0.15, -0.1) is 11.3 Å². The number of aryl methyl sites for hydroxylation is 2. The van der Waals surface area contributed by atoms with Gasteiger partial charge < -0.3 is 9.84 Å². The minimum absolute atomic E-state index is 0.498. The van der Waals surface area contributed by atoms with Crippen LogP contribution >= 0.6 is 11.3 Å². The summed E-state index contributed by atoms with van der Waals surface area (Å²) in [6, 6.07) is 2.00. The Bertz CT molecular complexity index is 864. The van der Waals surface area contributed by atoms with Gasteiger partial charge in [0.05, 0.1) is 12.2 Å². The van der Waals surface area contributed by atoms with Gasteiger partial charge in [-0.3, -0.25) is 9.58 Å². The van der Waals surface area contributed by atoms with E-state index in [4.69, 9.17) is 4.52 Å². The standard InChI is InChI=1S/C16H21N7OS/c1-10-6-14(23(3)20-10)19-16-17-7-12(25-16)8-22(2)9-13-18-15(24-21-13)11-4-5-11/h6-7,11H,4-5,8-9H2,1-3H3,(H,17,19). The normalized spacial score (nSPS) is 14.4. The van der Waals surface area contributed by atoms with Crippen molar-refractivity contribution in [2.45, 2.75) is 38.8 Å². The molecule has 1 aliphatic rings. The number of anilines is 2. The average molecular weight is 359 g/mol. The predicted molar refractivity (Wildman–Crippen MR) is 94.8 cm³/mol. The summed E-state index contributed by atoms with van der Waals surface area (Å²) in [5, 5.41) is 12.6. The molecule has 0 spiro atoms. The van der Waals surface area contributed by atoms with Gasteiger partial charge >= 0.3 is 0 Å². The number of hydrogen-bond donors (Lipinski definition) is 1. The van der Waals surface area contributed by atoms with Crippen molar-refractivity contribution in [1.29, 1.82) is 0 Å². The molecule has 0 saturated heterocycles. The Morgan fingerprint density at radius 2 is 2.24 bits per heavy atom. The van der Waals surface area contributed by atoms with Crippen LogP contribution in [0.2, 0.25) is 0 Å². The summed E-state index contributed by atoms with van der Waals surface area (Å²) in [4.78, 5) is 12.3. The molecule has 0 aliphatic heterocycles. The lowest BCUT2D eigenvalue weighted by Crippen LogP contribution is -2.17. The highest BCUT2D eigenvalue weighted by Gasteiger charge is 2.29. The average Bonchev–Trinajstić information content (AvgIpc) is 3.01. The van der Waals surface area contributed by atoms with Crippen molar-refractivity contribution in [3.63, 3.8) is 0 Å². The quantitative estimate of drug-likeness (QED) is 0.694. The molecule has 0 bridgehead atoms. The largest absolute Gasteiger partial charge is 0.339 e. The molecule has 9 heteroatoms. The molecule has 3 heterocycles. The van der Waals surface area contributed by atoms with E-state index < -0.39 is 0 Å². The summed E-state index contributed by atoms with van der Waals surface area (Å²) < 4.78 is 7.12. The van der Waals surface area contributed by atoms with Crippen LogP contribution < -0.4 is 5.32 Å². The molecule has 0 radical (unpaired) electrons. The van der Waals surface area contributed by atoms with E-state index in [9.17, 15) is 0 Å². The fraction of sp³-hybridized carbons (Fsp3) is 0.500. The van der Waals surface area contributed by atoms with E-state index in [1.54, 1.807) is 11.3 Å². The lowest BCUT2D eigenvalue weighted by Gasteiger charge is -2.12. The molecule has 1 N–H and O–H groups in total. The molecular weight excluding hydrogens is 338 g/mol. The first-order valence-corrected chi connectivity index (χ1v) is 9.12. The Balaban J connectivity index is 1.34. The summed E-state index contributed by atoms with van der Waals surface area (Å²) >= 11 is 1.64. The van der Waals surface area contributed by atoms with Crippen molar-refractivity contribution in [3.05, 3.63) is 34.5 Å². The Hall–Kier alpha value is -2.26. The Morgan fingerprint density at radius 3 is 2.96 bits per heavy atom. The van der Waals surface area contributed by atoms with E-state index >= 15 is 0 Å². The minimum atomic E-state index is 0.498. The van der Waals surface area contributed by atoms with Crippen LogP contribution in [0, 0.1) is 6.92 Å². The fourth-order valence-electron chi connectivity index (χ4n) is 2.67. The first kappa shape index (κ1) is 16.2. The second-order valence-corrected chi connectivity index (χ2v) is 7.66. The van der Waals surface area contributed by atoms with E-state index in [0.717, 1.165) is 34.9 Å². The Morgan fingerprint density at radius 1 is 1.40 bits per heavy atom. The first-order valence-electron chi connectivity index (χ1n) is 8.30. The van der Waals surface area contributed by atoms with Gasteiger partial charge in [0.15, 0.2) is 11.0 Å². The molecule has 1 aliphatic carbocycles. The van der Waals surface area contributed by atoms with Gasteiger partial charge in [-0.05, 0) is 26.8 Å². The summed E-state index contributed by atoms with van der Waals surface area (Å²) in [5.74, 6) is 2.97. The summed E-state index contributed by atoms with van der Waals surface area (Å²) in [6.45, 7) is 3.43. The van der Waals surface area contributed by atoms with Crippen molar-refractivity contribution in [2.24, 2.45) is 7.05 Å². The van der Waals surface area contributed by atoms with Gasteiger partial charge in [0, 0.05) is 36.7 Å². The highest BCUT2D eigenvalue weighted by Crippen LogP contribution is 2.38. The number of nitrogens with one attached hydrogen (secondary N) is 1. The molecule has 3 aromatic rings. The number of aromatic nitrogens is 5. The molecular formula is C16H21N7OS. The second kappa shape index (κ2) is 6.57. The molecule has 8 nitrogen and oxygen atoms in total. The van der Waals surface area contributed by atoms with Gasteiger partial charge in [0.2, 0.25) is 5.89 Å². The molecule has 0 amide bonds. The van der Waals surface area contributed by atoms with Crippen LogP contribution in [0.25, 0.3) is 0 Å². The highest BCUT2D eigenvalue weighted by atomic mass is 32.1. The zero-order valence-electron chi connectivity index (χ0n) is 14.6. The third-order valence-electron chi connectivity index (χ3n) is 4.04. The van der Waals surface area contributed by atoms with E-state index in [0.29, 0.717) is 12.5 Å². The van der Waals surface area contributed by atoms with E-state index in [1.165, 1.54) is 17.7 Å². The predicted octanol–water partition coefficient (Wildman–Crippen LogP) is 2.82. The van der Waals surface area contributed by atoms with Crippen molar-refractivity contribution in [1.82, 2.24) is 29.8 Å². The molecule has 1 fully saturated rings. The fourth-order valence-corrected chi connectivity index (χ4v) is 3.57. The lowest BCUT2D eigenvalue weighted by molar-refractivity contribution is 0.302. The van der Waals surface area contributed by atoms with E-state index in [-0.39, 0.29) is 0 Å². The van der Waals surface area contributed by atoms with Crippen LogP contribution in [0.1, 0.15) is 41.0 Å².